The van der Waals surface area contributed by atoms with Crippen LogP contribution in [0.25, 0.3) is 11.3 Å². The van der Waals surface area contributed by atoms with E-state index in [-0.39, 0.29) is 19.1 Å². The van der Waals surface area contributed by atoms with Crippen LogP contribution >= 0.6 is 0 Å². The largest absolute Gasteiger partial charge is 0.497 e. The van der Waals surface area contributed by atoms with Gasteiger partial charge in [-0.25, -0.2) is 4.98 Å². The molecule has 2 aromatic carbocycles. The summed E-state index contributed by atoms with van der Waals surface area (Å²) in [6.07, 6.45) is 2.29. The molecule has 1 aliphatic heterocycles. The molecule has 0 spiro atoms. The van der Waals surface area contributed by atoms with E-state index in [4.69, 9.17) is 23.4 Å². The highest BCUT2D eigenvalue weighted by Gasteiger charge is 2.15. The normalized spacial score (nSPS) is 11.9. The van der Waals surface area contributed by atoms with Crippen molar-refractivity contribution in [3.63, 3.8) is 0 Å². The number of carbonyl (C=O) groups is 1. The monoisotopic (exact) mass is 410 g/mol. The van der Waals surface area contributed by atoms with Crippen LogP contribution in [0.15, 0.2) is 47.0 Å². The Kier molecular flexibility index (Phi) is 5.74. The van der Waals surface area contributed by atoms with Gasteiger partial charge >= 0.3 is 0 Å². The van der Waals surface area contributed by atoms with Crippen molar-refractivity contribution in [1.29, 1.82) is 0 Å². The van der Waals surface area contributed by atoms with Crippen molar-refractivity contribution >= 4 is 5.91 Å². The zero-order valence-electron chi connectivity index (χ0n) is 16.8. The van der Waals surface area contributed by atoms with Crippen molar-refractivity contribution in [2.75, 3.05) is 21.0 Å². The Labute approximate surface area is 173 Å². The van der Waals surface area contributed by atoms with E-state index in [0.29, 0.717) is 41.9 Å². The molecule has 1 amide bonds. The van der Waals surface area contributed by atoms with Crippen molar-refractivity contribution in [3.05, 3.63) is 54.0 Å². The summed E-state index contributed by atoms with van der Waals surface area (Å²) in [5, 5.41) is 2.89. The molecule has 0 saturated carbocycles. The number of aromatic nitrogens is 1. The summed E-state index contributed by atoms with van der Waals surface area (Å²) in [7, 11) is 3.18. The van der Waals surface area contributed by atoms with Gasteiger partial charge in [0.05, 0.1) is 26.0 Å². The molecule has 3 aromatic rings. The molecule has 0 saturated heterocycles. The van der Waals surface area contributed by atoms with E-state index in [1.54, 1.807) is 26.5 Å². The number of fused-ring (bicyclic) bond motifs is 1. The zero-order valence-corrected chi connectivity index (χ0v) is 16.8. The molecule has 0 fully saturated rings. The van der Waals surface area contributed by atoms with Crippen LogP contribution in [0.4, 0.5) is 0 Å². The van der Waals surface area contributed by atoms with Crippen LogP contribution in [-0.4, -0.2) is 31.9 Å². The molecule has 1 aliphatic rings. The van der Waals surface area contributed by atoms with E-state index in [9.17, 15) is 4.79 Å². The molecule has 0 bridgehead atoms. The van der Waals surface area contributed by atoms with Crippen LogP contribution in [0.2, 0.25) is 0 Å². The summed E-state index contributed by atoms with van der Waals surface area (Å²) >= 11 is 0. The molecule has 30 heavy (non-hydrogen) atoms. The third kappa shape index (κ3) is 4.32. The SMILES string of the molecule is COc1ccc(-c2cnc(CCC(=O)NCc3ccc4c(c3)OCO4)o2)c(OC)c1. The summed E-state index contributed by atoms with van der Waals surface area (Å²) in [6.45, 7) is 0.640. The van der Waals surface area contributed by atoms with Crippen molar-refractivity contribution in [2.24, 2.45) is 0 Å². The topological polar surface area (TPSA) is 92.1 Å². The average molecular weight is 410 g/mol. The molecule has 0 unspecified atom stereocenters. The van der Waals surface area contributed by atoms with Crippen molar-refractivity contribution in [3.8, 4) is 34.3 Å². The third-order valence-electron chi connectivity index (χ3n) is 4.72. The number of ether oxygens (including phenoxy) is 4. The van der Waals surface area contributed by atoms with Gasteiger partial charge in [0.25, 0.3) is 0 Å². The first-order valence-electron chi connectivity index (χ1n) is 9.48. The number of methoxy groups -OCH3 is 2. The zero-order chi connectivity index (χ0) is 20.9. The second-order valence-corrected chi connectivity index (χ2v) is 6.65. The number of nitrogens with zero attached hydrogens (tertiary/aromatic N) is 1. The molecule has 8 heteroatoms. The van der Waals surface area contributed by atoms with E-state index in [1.807, 2.05) is 30.3 Å². The highest BCUT2D eigenvalue weighted by molar-refractivity contribution is 5.76. The number of aryl methyl sites for hydroxylation is 1. The molecule has 4 rings (SSSR count). The van der Waals surface area contributed by atoms with Gasteiger partial charge in [-0.15, -0.1) is 0 Å². The van der Waals surface area contributed by atoms with Crippen molar-refractivity contribution in [1.82, 2.24) is 10.3 Å². The highest BCUT2D eigenvalue weighted by atomic mass is 16.7. The maximum Gasteiger partial charge on any atom is 0.231 e. The lowest BCUT2D eigenvalue weighted by Gasteiger charge is -2.08. The number of benzene rings is 2. The van der Waals surface area contributed by atoms with Gasteiger partial charge in [-0.3, -0.25) is 4.79 Å². The summed E-state index contributed by atoms with van der Waals surface area (Å²) in [5.74, 6) is 3.70. The van der Waals surface area contributed by atoms with Gasteiger partial charge in [-0.05, 0) is 29.8 Å². The number of rotatable bonds is 8. The second kappa shape index (κ2) is 8.77. The number of nitrogens with one attached hydrogen (secondary N) is 1. The predicted octanol–water partition coefficient (Wildman–Crippen LogP) is 3.34. The number of amides is 1. The van der Waals surface area contributed by atoms with E-state index < -0.39 is 0 Å². The highest BCUT2D eigenvalue weighted by Crippen LogP contribution is 2.34. The summed E-state index contributed by atoms with van der Waals surface area (Å²) in [4.78, 5) is 16.5. The van der Waals surface area contributed by atoms with Crippen molar-refractivity contribution in [2.45, 2.75) is 19.4 Å². The van der Waals surface area contributed by atoms with Gasteiger partial charge in [0.15, 0.2) is 23.1 Å². The fourth-order valence-electron chi connectivity index (χ4n) is 3.11. The number of hydrogen-bond donors (Lipinski definition) is 1. The molecule has 1 aromatic heterocycles. The van der Waals surface area contributed by atoms with E-state index >= 15 is 0 Å². The molecule has 0 atom stereocenters. The smallest absolute Gasteiger partial charge is 0.231 e. The molecule has 8 nitrogen and oxygen atoms in total. The van der Waals surface area contributed by atoms with Crippen LogP contribution < -0.4 is 24.3 Å². The van der Waals surface area contributed by atoms with Gasteiger partial charge in [0.2, 0.25) is 12.7 Å². The molecule has 0 aliphatic carbocycles. The van der Waals surface area contributed by atoms with E-state index in [0.717, 1.165) is 16.9 Å². The van der Waals surface area contributed by atoms with Crippen LogP contribution in [0.3, 0.4) is 0 Å². The first-order valence-corrected chi connectivity index (χ1v) is 9.48. The number of carbonyl (C=O) groups excluding carboxylic acids is 1. The predicted molar refractivity (Wildman–Crippen MR) is 108 cm³/mol. The lowest BCUT2D eigenvalue weighted by Crippen LogP contribution is -2.23. The van der Waals surface area contributed by atoms with E-state index in [2.05, 4.69) is 10.3 Å². The van der Waals surface area contributed by atoms with Crippen LogP contribution in [0, 0.1) is 0 Å². The minimum absolute atomic E-state index is 0.0885. The Hall–Kier alpha value is -3.68. The maximum atomic E-state index is 12.2. The number of hydrogen-bond acceptors (Lipinski definition) is 7. The molecular formula is C22H22N2O6. The van der Waals surface area contributed by atoms with E-state index in [1.165, 1.54) is 0 Å². The van der Waals surface area contributed by atoms with Crippen molar-refractivity contribution < 1.29 is 28.2 Å². The molecule has 1 N–H and O–H groups in total. The minimum atomic E-state index is -0.0885. The molecular weight excluding hydrogens is 388 g/mol. The lowest BCUT2D eigenvalue weighted by atomic mass is 10.1. The quantitative estimate of drug-likeness (QED) is 0.609. The Balaban J connectivity index is 1.31. The molecule has 156 valence electrons. The first-order chi connectivity index (χ1) is 14.7. The summed E-state index contributed by atoms with van der Waals surface area (Å²) < 4.78 is 27.1. The lowest BCUT2D eigenvalue weighted by molar-refractivity contribution is -0.121. The fraction of sp³-hybridized carbons (Fsp3) is 0.273. The Morgan fingerprint density at radius 3 is 2.80 bits per heavy atom. The Bertz CT molecular complexity index is 1050. The molecule has 0 radical (unpaired) electrons. The Morgan fingerprint density at radius 1 is 1.10 bits per heavy atom. The van der Waals surface area contributed by atoms with Crippen LogP contribution in [0.1, 0.15) is 17.9 Å². The van der Waals surface area contributed by atoms with Crippen LogP contribution in [0.5, 0.6) is 23.0 Å². The minimum Gasteiger partial charge on any atom is -0.497 e. The van der Waals surface area contributed by atoms with Gasteiger partial charge < -0.3 is 28.7 Å². The van der Waals surface area contributed by atoms with Crippen LogP contribution in [-0.2, 0) is 17.8 Å². The van der Waals surface area contributed by atoms with Gasteiger partial charge in [-0.1, -0.05) is 6.07 Å². The van der Waals surface area contributed by atoms with Gasteiger partial charge in [0.1, 0.15) is 11.5 Å². The van der Waals surface area contributed by atoms with Gasteiger partial charge in [-0.2, -0.15) is 0 Å². The average Bonchev–Trinajstić information content (AvgIpc) is 3.44. The van der Waals surface area contributed by atoms with Gasteiger partial charge in [0, 0.05) is 25.5 Å². The first kappa shape index (κ1) is 19.6. The number of oxazole rings is 1. The Morgan fingerprint density at radius 2 is 1.97 bits per heavy atom. The standard InChI is InChI=1S/C22H22N2O6/c1-26-15-4-5-16(18(10-15)27-2)20-12-24-22(30-20)8-7-21(25)23-11-14-3-6-17-19(9-14)29-13-28-17/h3-6,9-10,12H,7-8,11,13H2,1-2H3,(H,23,25). The summed E-state index contributed by atoms with van der Waals surface area (Å²) in [6, 6.07) is 11.1. The second-order valence-electron chi connectivity index (χ2n) is 6.65. The molecule has 2 heterocycles. The maximum absolute atomic E-state index is 12.2. The fourth-order valence-corrected chi connectivity index (χ4v) is 3.11. The third-order valence-corrected chi connectivity index (χ3v) is 4.72. The summed E-state index contributed by atoms with van der Waals surface area (Å²) in [5.41, 5.74) is 1.71.